The Morgan fingerprint density at radius 2 is 2.19 bits per heavy atom. The lowest BCUT2D eigenvalue weighted by atomic mass is 9.89. The summed E-state index contributed by atoms with van der Waals surface area (Å²) >= 11 is 1.85. The summed E-state index contributed by atoms with van der Waals surface area (Å²) in [4.78, 5) is 14.5. The lowest BCUT2D eigenvalue weighted by Gasteiger charge is -2.18. The van der Waals surface area contributed by atoms with Crippen LogP contribution >= 0.6 is 11.3 Å². The molecule has 6 nitrogen and oxygen atoms in total. The van der Waals surface area contributed by atoms with Gasteiger partial charge in [0.15, 0.2) is 5.65 Å². The van der Waals surface area contributed by atoms with Crippen LogP contribution in [0.3, 0.4) is 0 Å². The number of hydrogen-bond acceptors (Lipinski definition) is 6. The Balaban J connectivity index is 1.61. The Hall–Kier alpha value is -1.73. The third-order valence-electron chi connectivity index (χ3n) is 5.50. The first-order chi connectivity index (χ1) is 12.7. The lowest BCUT2D eigenvalue weighted by Crippen LogP contribution is -2.25. The third-order valence-corrected chi connectivity index (χ3v) is 6.68. The van der Waals surface area contributed by atoms with E-state index in [9.17, 15) is 0 Å². The molecule has 0 fully saturated rings. The van der Waals surface area contributed by atoms with Crippen molar-refractivity contribution in [3.8, 4) is 0 Å². The molecule has 3 aromatic rings. The quantitative estimate of drug-likeness (QED) is 0.642. The molecule has 1 aliphatic carbocycles. The summed E-state index contributed by atoms with van der Waals surface area (Å²) in [6.07, 6.45) is 6.32. The average Bonchev–Trinajstić information content (AvgIpc) is 3.25. The number of thiophene rings is 1. The molecule has 0 amide bonds. The van der Waals surface area contributed by atoms with Gasteiger partial charge < -0.3 is 10.2 Å². The maximum atomic E-state index is 4.92. The van der Waals surface area contributed by atoms with E-state index >= 15 is 0 Å². The summed E-state index contributed by atoms with van der Waals surface area (Å²) < 4.78 is 1.88. The van der Waals surface area contributed by atoms with Crippen LogP contribution in [0.4, 0.5) is 5.95 Å². The predicted molar refractivity (Wildman–Crippen MR) is 108 cm³/mol. The Bertz CT molecular complexity index is 894. The number of rotatable bonds is 7. The zero-order chi connectivity index (χ0) is 18.1. The van der Waals surface area contributed by atoms with Crippen molar-refractivity contribution in [2.75, 3.05) is 31.5 Å². The molecule has 1 unspecified atom stereocenters. The first-order valence-corrected chi connectivity index (χ1v) is 10.6. The number of aryl methyl sites for hydroxylation is 1. The van der Waals surface area contributed by atoms with E-state index < -0.39 is 0 Å². The van der Waals surface area contributed by atoms with Gasteiger partial charge >= 0.3 is 0 Å². The molecule has 1 atom stereocenters. The van der Waals surface area contributed by atoms with Gasteiger partial charge in [0.05, 0.1) is 5.39 Å². The van der Waals surface area contributed by atoms with E-state index in [2.05, 4.69) is 41.1 Å². The highest BCUT2D eigenvalue weighted by atomic mass is 32.1. The molecule has 3 aromatic heterocycles. The van der Waals surface area contributed by atoms with Gasteiger partial charge in [-0.05, 0) is 56.8 Å². The zero-order valence-electron chi connectivity index (χ0n) is 16.0. The highest BCUT2D eigenvalue weighted by molar-refractivity contribution is 7.19. The van der Waals surface area contributed by atoms with Crippen molar-refractivity contribution in [2.45, 2.75) is 46.5 Å². The molecular formula is C19H28N6S. The van der Waals surface area contributed by atoms with Crippen LogP contribution in [-0.2, 0) is 12.8 Å². The molecule has 0 aliphatic heterocycles. The van der Waals surface area contributed by atoms with Crippen molar-refractivity contribution in [3.05, 3.63) is 16.8 Å². The molecule has 0 aromatic carbocycles. The van der Waals surface area contributed by atoms with Gasteiger partial charge in [-0.3, -0.25) is 0 Å². The van der Waals surface area contributed by atoms with E-state index in [1.807, 2.05) is 15.9 Å². The second-order valence-corrected chi connectivity index (χ2v) is 8.35. The van der Waals surface area contributed by atoms with Crippen molar-refractivity contribution in [2.24, 2.45) is 5.92 Å². The molecule has 1 aliphatic rings. The van der Waals surface area contributed by atoms with E-state index in [0.717, 1.165) is 61.4 Å². The van der Waals surface area contributed by atoms with Crippen LogP contribution in [0.25, 0.3) is 15.9 Å². The van der Waals surface area contributed by atoms with E-state index in [1.54, 1.807) is 6.33 Å². The van der Waals surface area contributed by atoms with Crippen LogP contribution in [-0.4, -0.2) is 50.7 Å². The van der Waals surface area contributed by atoms with E-state index in [1.165, 1.54) is 28.7 Å². The molecule has 0 spiro atoms. The molecule has 0 bridgehead atoms. The van der Waals surface area contributed by atoms with Crippen molar-refractivity contribution in [3.63, 3.8) is 0 Å². The van der Waals surface area contributed by atoms with Crippen LogP contribution < -0.4 is 5.32 Å². The molecule has 4 rings (SSSR count). The summed E-state index contributed by atoms with van der Waals surface area (Å²) in [5.41, 5.74) is 2.41. The molecule has 1 N–H and O–H groups in total. The van der Waals surface area contributed by atoms with Crippen molar-refractivity contribution < 1.29 is 0 Å². The van der Waals surface area contributed by atoms with Crippen LogP contribution in [0.2, 0.25) is 0 Å². The Kier molecular flexibility index (Phi) is 5.09. The maximum absolute atomic E-state index is 4.92. The first kappa shape index (κ1) is 17.7. The summed E-state index contributed by atoms with van der Waals surface area (Å²) in [5, 5.41) is 9.15. The normalized spacial score (nSPS) is 17.3. The number of fused-ring (bicyclic) bond motifs is 5. The minimum absolute atomic E-state index is 0.737. The zero-order valence-corrected chi connectivity index (χ0v) is 16.8. The minimum Gasteiger partial charge on any atom is -0.354 e. The van der Waals surface area contributed by atoms with E-state index in [4.69, 9.17) is 4.98 Å². The summed E-state index contributed by atoms with van der Waals surface area (Å²) in [7, 11) is 0. The Morgan fingerprint density at radius 3 is 3.00 bits per heavy atom. The van der Waals surface area contributed by atoms with Gasteiger partial charge in [-0.15, -0.1) is 11.3 Å². The molecule has 140 valence electrons. The SMILES string of the molecule is CCN(CC)CCCNc1nc2sc3c(c2c2ncnn12)CC(C)CC3. The molecule has 0 saturated heterocycles. The van der Waals surface area contributed by atoms with Crippen LogP contribution in [0.1, 0.15) is 44.1 Å². The number of nitrogens with one attached hydrogen (secondary N) is 1. The summed E-state index contributed by atoms with van der Waals surface area (Å²) in [5.74, 6) is 1.55. The molecule has 7 heteroatoms. The summed E-state index contributed by atoms with van der Waals surface area (Å²) in [6, 6.07) is 0. The number of nitrogens with zero attached hydrogens (tertiary/aromatic N) is 5. The lowest BCUT2D eigenvalue weighted by molar-refractivity contribution is 0.303. The molecule has 3 heterocycles. The monoisotopic (exact) mass is 372 g/mol. The fourth-order valence-corrected chi connectivity index (χ4v) is 5.13. The Morgan fingerprint density at radius 1 is 1.35 bits per heavy atom. The predicted octanol–water partition coefficient (Wildman–Crippen LogP) is 3.61. The second kappa shape index (κ2) is 7.48. The number of anilines is 1. The minimum atomic E-state index is 0.737. The summed E-state index contributed by atoms with van der Waals surface area (Å²) in [6.45, 7) is 11.0. The van der Waals surface area contributed by atoms with Crippen molar-refractivity contribution in [1.82, 2.24) is 24.5 Å². The maximum Gasteiger partial charge on any atom is 0.227 e. The highest BCUT2D eigenvalue weighted by Crippen LogP contribution is 2.39. The fourth-order valence-electron chi connectivity index (χ4n) is 3.92. The van der Waals surface area contributed by atoms with Crippen LogP contribution in [0.5, 0.6) is 0 Å². The molecule has 0 saturated carbocycles. The topological polar surface area (TPSA) is 58.3 Å². The van der Waals surface area contributed by atoms with E-state index in [0.29, 0.717) is 0 Å². The van der Waals surface area contributed by atoms with Crippen molar-refractivity contribution >= 4 is 33.1 Å². The van der Waals surface area contributed by atoms with Crippen LogP contribution in [0, 0.1) is 5.92 Å². The Labute approximate surface area is 158 Å². The highest BCUT2D eigenvalue weighted by Gasteiger charge is 2.24. The second-order valence-electron chi connectivity index (χ2n) is 7.27. The molecule has 26 heavy (non-hydrogen) atoms. The van der Waals surface area contributed by atoms with Crippen LogP contribution in [0.15, 0.2) is 6.33 Å². The van der Waals surface area contributed by atoms with Gasteiger partial charge in [0.2, 0.25) is 5.95 Å². The van der Waals surface area contributed by atoms with Gasteiger partial charge in [0, 0.05) is 11.4 Å². The molecular weight excluding hydrogens is 344 g/mol. The van der Waals surface area contributed by atoms with Crippen molar-refractivity contribution in [1.29, 1.82) is 0 Å². The third kappa shape index (κ3) is 3.18. The average molecular weight is 373 g/mol. The van der Waals surface area contributed by atoms with Gasteiger partial charge in [0.1, 0.15) is 11.2 Å². The van der Waals surface area contributed by atoms with Gasteiger partial charge in [-0.25, -0.2) is 9.97 Å². The van der Waals surface area contributed by atoms with E-state index in [-0.39, 0.29) is 0 Å². The smallest absolute Gasteiger partial charge is 0.227 e. The largest absolute Gasteiger partial charge is 0.354 e. The number of hydrogen-bond donors (Lipinski definition) is 1. The molecule has 0 radical (unpaired) electrons. The van der Waals surface area contributed by atoms with Gasteiger partial charge in [-0.2, -0.15) is 9.61 Å². The van der Waals surface area contributed by atoms with Gasteiger partial charge in [-0.1, -0.05) is 20.8 Å². The van der Waals surface area contributed by atoms with Gasteiger partial charge in [0.25, 0.3) is 0 Å². The number of aromatic nitrogens is 4. The first-order valence-electron chi connectivity index (χ1n) is 9.81. The fraction of sp³-hybridized carbons (Fsp3) is 0.632. The standard InChI is InChI=1S/C19H28N6S/c1-4-24(5-2)10-6-9-20-19-23-18-16(17-21-12-22-25(17)19)14-11-13(3)7-8-15(14)26-18/h12-13H,4-11H2,1-3H3,(H,20,23).